The molecule has 1 aromatic heterocycles. The molecular formula is C19H12ClFN4O2. The number of hydrogen-bond donors (Lipinski definition) is 2. The zero-order valence-corrected chi connectivity index (χ0v) is 14.5. The Labute approximate surface area is 157 Å². The van der Waals surface area contributed by atoms with E-state index >= 15 is 0 Å². The maximum absolute atomic E-state index is 13.1. The lowest BCUT2D eigenvalue weighted by Crippen LogP contribution is -2.07. The first-order valence-electron chi connectivity index (χ1n) is 7.92. The molecule has 0 unspecified atom stereocenters. The second-order valence-corrected chi connectivity index (χ2v) is 6.23. The van der Waals surface area contributed by atoms with Crippen LogP contribution in [0.5, 0.6) is 5.88 Å². The standard InChI is InChI=1S/C19H12ClFN4O2/c20-13-2-1-3-15(9-13)25-19(27)16(18(26)24-25)8-12-10-22-23-17(12)11-4-6-14(21)7-5-11/h1-10,27H,(H,24,26). The molecule has 0 saturated carbocycles. The van der Waals surface area contributed by atoms with Gasteiger partial charge < -0.3 is 5.11 Å². The molecule has 0 bridgehead atoms. The van der Waals surface area contributed by atoms with Crippen LogP contribution < -0.4 is 5.56 Å². The number of H-pyrrole nitrogens is 1. The van der Waals surface area contributed by atoms with E-state index in [1.54, 1.807) is 36.4 Å². The number of allylic oxidation sites excluding steroid dienone is 1. The topological polar surface area (TPSA) is 82.7 Å². The summed E-state index contributed by atoms with van der Waals surface area (Å²) in [6.45, 7) is 0. The summed E-state index contributed by atoms with van der Waals surface area (Å²) >= 11 is 5.97. The molecule has 6 nitrogen and oxygen atoms in total. The number of hydrogen-bond acceptors (Lipinski definition) is 4. The van der Waals surface area contributed by atoms with Gasteiger partial charge in [-0.05, 0) is 48.5 Å². The Morgan fingerprint density at radius 3 is 2.70 bits per heavy atom. The van der Waals surface area contributed by atoms with Crippen LogP contribution in [0.2, 0.25) is 5.02 Å². The fraction of sp³-hybridized carbons (Fsp3) is 0. The Bertz CT molecular complexity index is 1170. The quantitative estimate of drug-likeness (QED) is 0.726. The molecule has 8 heteroatoms. The lowest BCUT2D eigenvalue weighted by Gasteiger charge is -2.05. The van der Waals surface area contributed by atoms with Crippen molar-refractivity contribution < 1.29 is 9.50 Å². The fourth-order valence-electron chi connectivity index (χ4n) is 2.73. The van der Waals surface area contributed by atoms with Crippen LogP contribution in [0.4, 0.5) is 4.39 Å². The molecule has 134 valence electrons. The molecule has 1 aliphatic heterocycles. The van der Waals surface area contributed by atoms with E-state index < -0.39 is 5.56 Å². The first-order valence-corrected chi connectivity index (χ1v) is 8.30. The van der Waals surface area contributed by atoms with E-state index in [1.165, 1.54) is 29.1 Å². The zero-order valence-electron chi connectivity index (χ0n) is 13.7. The second kappa shape index (κ2) is 6.69. The number of nitrogens with zero attached hydrogens (tertiary/aromatic N) is 3. The average molecular weight is 383 g/mol. The highest BCUT2D eigenvalue weighted by Crippen LogP contribution is 2.24. The fourth-order valence-corrected chi connectivity index (χ4v) is 2.91. The van der Waals surface area contributed by atoms with Gasteiger partial charge in [-0.1, -0.05) is 17.7 Å². The number of benzene rings is 2. The molecule has 0 saturated heterocycles. The van der Waals surface area contributed by atoms with Gasteiger partial charge in [0.2, 0.25) is 5.88 Å². The van der Waals surface area contributed by atoms with Crippen LogP contribution in [0, 0.1) is 5.82 Å². The smallest absolute Gasteiger partial charge is 0.275 e. The molecule has 0 fully saturated rings. The van der Waals surface area contributed by atoms with Crippen LogP contribution in [0.1, 0.15) is 11.1 Å². The molecule has 2 N–H and O–H groups in total. The maximum Gasteiger partial charge on any atom is 0.275 e. The van der Waals surface area contributed by atoms with E-state index in [0.717, 1.165) is 0 Å². The lowest BCUT2D eigenvalue weighted by molar-refractivity contribution is 0.432. The Balaban J connectivity index is 1.76. The van der Waals surface area contributed by atoms with Crippen molar-refractivity contribution >= 4 is 29.6 Å². The molecule has 27 heavy (non-hydrogen) atoms. The van der Waals surface area contributed by atoms with Crippen LogP contribution in [0.25, 0.3) is 11.8 Å². The van der Waals surface area contributed by atoms with Crippen LogP contribution in [0.15, 0.2) is 69.1 Å². The van der Waals surface area contributed by atoms with E-state index in [0.29, 0.717) is 27.6 Å². The normalized spacial score (nSPS) is 14.7. The number of aromatic amines is 1. The number of halogens is 2. The number of rotatable bonds is 3. The van der Waals surface area contributed by atoms with Crippen molar-refractivity contribution in [2.24, 2.45) is 10.2 Å². The zero-order chi connectivity index (χ0) is 19.0. The molecule has 0 spiro atoms. The van der Waals surface area contributed by atoms with Gasteiger partial charge in [0.05, 0.1) is 11.9 Å². The Hall–Kier alpha value is -3.45. The monoisotopic (exact) mass is 382 g/mol. The van der Waals surface area contributed by atoms with Gasteiger partial charge in [-0.2, -0.15) is 5.10 Å². The van der Waals surface area contributed by atoms with Crippen LogP contribution in [0.3, 0.4) is 0 Å². The summed E-state index contributed by atoms with van der Waals surface area (Å²) in [6.07, 6.45) is 2.95. The number of nitrogens with one attached hydrogen (secondary N) is 1. The van der Waals surface area contributed by atoms with Gasteiger partial charge in [-0.15, -0.1) is 5.10 Å². The molecule has 0 atom stereocenters. The van der Waals surface area contributed by atoms with Crippen molar-refractivity contribution in [3.8, 4) is 11.6 Å². The number of aromatic nitrogens is 2. The summed E-state index contributed by atoms with van der Waals surface area (Å²) in [7, 11) is 0. The molecule has 3 aromatic rings. The largest absolute Gasteiger partial charge is 0.493 e. The van der Waals surface area contributed by atoms with Crippen molar-refractivity contribution in [2.45, 2.75) is 0 Å². The lowest BCUT2D eigenvalue weighted by atomic mass is 10.0. The third kappa shape index (κ3) is 3.20. The van der Waals surface area contributed by atoms with Crippen LogP contribution in [-0.4, -0.2) is 26.8 Å². The van der Waals surface area contributed by atoms with Gasteiger partial charge in [0.15, 0.2) is 0 Å². The predicted molar refractivity (Wildman–Crippen MR) is 102 cm³/mol. The predicted octanol–water partition coefficient (Wildman–Crippen LogP) is 3.54. The van der Waals surface area contributed by atoms with E-state index in [9.17, 15) is 14.3 Å². The van der Waals surface area contributed by atoms with Gasteiger partial charge >= 0.3 is 0 Å². The minimum Gasteiger partial charge on any atom is -0.493 e. The van der Waals surface area contributed by atoms with E-state index in [-0.39, 0.29) is 17.3 Å². The van der Waals surface area contributed by atoms with Gasteiger partial charge in [0.1, 0.15) is 17.1 Å². The summed E-state index contributed by atoms with van der Waals surface area (Å²) in [5.74, 6) is -0.634. The second-order valence-electron chi connectivity index (χ2n) is 5.79. The van der Waals surface area contributed by atoms with Crippen molar-refractivity contribution in [2.75, 3.05) is 0 Å². The average Bonchev–Trinajstić information content (AvgIpc) is 3.22. The molecule has 1 aliphatic rings. The SMILES string of the molecule is O=c1[nH]n(-c2cccc(Cl)c2)c(O)c1C=C1C=NN=C1c1ccc(F)cc1. The van der Waals surface area contributed by atoms with Gasteiger partial charge in [-0.25, -0.2) is 9.07 Å². The number of aromatic hydroxyl groups is 1. The van der Waals surface area contributed by atoms with Crippen molar-refractivity contribution in [1.82, 2.24) is 9.78 Å². The minimum absolute atomic E-state index is 0.0492. The third-order valence-corrected chi connectivity index (χ3v) is 4.26. The van der Waals surface area contributed by atoms with Gasteiger partial charge in [0.25, 0.3) is 5.56 Å². The molecule has 0 aliphatic carbocycles. The van der Waals surface area contributed by atoms with Crippen LogP contribution in [-0.2, 0) is 0 Å². The molecule has 0 amide bonds. The first-order chi connectivity index (χ1) is 13.0. The third-order valence-electron chi connectivity index (χ3n) is 4.02. The maximum atomic E-state index is 13.1. The minimum atomic E-state index is -0.487. The summed E-state index contributed by atoms with van der Waals surface area (Å²) in [5.41, 5.74) is 1.71. The summed E-state index contributed by atoms with van der Waals surface area (Å²) < 4.78 is 14.4. The van der Waals surface area contributed by atoms with Gasteiger partial charge in [-0.3, -0.25) is 9.89 Å². The van der Waals surface area contributed by atoms with E-state index in [2.05, 4.69) is 15.3 Å². The Morgan fingerprint density at radius 1 is 1.19 bits per heavy atom. The van der Waals surface area contributed by atoms with Crippen molar-refractivity contribution in [3.63, 3.8) is 0 Å². The van der Waals surface area contributed by atoms with Crippen molar-refractivity contribution in [3.05, 3.63) is 86.4 Å². The molecular weight excluding hydrogens is 371 g/mol. The summed E-state index contributed by atoms with van der Waals surface area (Å²) in [5, 5.41) is 21.4. The highest BCUT2D eigenvalue weighted by Gasteiger charge is 2.18. The van der Waals surface area contributed by atoms with E-state index in [4.69, 9.17) is 11.6 Å². The molecule has 2 heterocycles. The molecule has 4 rings (SSSR count). The summed E-state index contributed by atoms with van der Waals surface area (Å²) in [6, 6.07) is 12.5. The van der Waals surface area contributed by atoms with Crippen LogP contribution >= 0.6 is 11.6 Å². The highest BCUT2D eigenvalue weighted by molar-refractivity contribution is 6.30. The Kier molecular flexibility index (Phi) is 4.21. The highest BCUT2D eigenvalue weighted by atomic mass is 35.5. The first kappa shape index (κ1) is 17.0. The van der Waals surface area contributed by atoms with Crippen molar-refractivity contribution in [1.29, 1.82) is 0 Å². The Morgan fingerprint density at radius 2 is 1.96 bits per heavy atom. The van der Waals surface area contributed by atoms with E-state index in [1.807, 2.05) is 0 Å². The summed E-state index contributed by atoms with van der Waals surface area (Å²) in [4.78, 5) is 12.3. The van der Waals surface area contributed by atoms with Gasteiger partial charge in [0, 0.05) is 16.2 Å². The molecule has 2 aromatic carbocycles. The molecule has 0 radical (unpaired) electrons.